The van der Waals surface area contributed by atoms with Gasteiger partial charge in [-0.25, -0.2) is 4.79 Å². The summed E-state index contributed by atoms with van der Waals surface area (Å²) in [6.45, 7) is 0.522. The molecule has 4 aromatic rings. The van der Waals surface area contributed by atoms with Gasteiger partial charge in [0.15, 0.2) is 23.0 Å². The standard InChI is InChI=1S/C33H36N2O8/c1-38-25-16-23-24(17-26(25)43-18-19-8-6-7-9-19)32(36)35(22-12-10-21(34)11-13-22)30(33(37)42-5)29(23)20-14-27(39-2)31(41-4)28(15-20)40-3/h10-17,19H,6-9,18,34H2,1-5H3. The van der Waals surface area contributed by atoms with Gasteiger partial charge in [-0.2, -0.15) is 0 Å². The molecule has 0 bridgehead atoms. The van der Waals surface area contributed by atoms with Crippen molar-refractivity contribution in [3.05, 3.63) is 64.6 Å². The fraction of sp³-hybridized carbons (Fsp3) is 0.333. The first-order valence-electron chi connectivity index (χ1n) is 14.0. The zero-order chi connectivity index (χ0) is 30.7. The number of ether oxygens (including phenoxy) is 6. The van der Waals surface area contributed by atoms with Crippen LogP contribution in [-0.2, 0) is 4.74 Å². The minimum Gasteiger partial charge on any atom is -0.493 e. The number of anilines is 1. The average Bonchev–Trinajstić information content (AvgIpc) is 3.56. The molecule has 3 aromatic carbocycles. The Balaban J connectivity index is 1.90. The van der Waals surface area contributed by atoms with Gasteiger partial charge < -0.3 is 34.2 Å². The van der Waals surface area contributed by atoms with Crippen molar-refractivity contribution in [2.24, 2.45) is 5.92 Å². The maximum atomic E-state index is 14.4. The van der Waals surface area contributed by atoms with Crippen molar-refractivity contribution >= 4 is 22.4 Å². The van der Waals surface area contributed by atoms with Crippen LogP contribution in [-0.4, -0.2) is 52.7 Å². The first-order chi connectivity index (χ1) is 20.8. The van der Waals surface area contributed by atoms with E-state index in [4.69, 9.17) is 34.2 Å². The summed E-state index contributed by atoms with van der Waals surface area (Å²) in [5.74, 6) is 1.72. The molecule has 0 atom stereocenters. The normalized spacial score (nSPS) is 13.1. The van der Waals surface area contributed by atoms with Crippen LogP contribution < -0.4 is 35.0 Å². The fourth-order valence-corrected chi connectivity index (χ4v) is 5.74. The summed E-state index contributed by atoms with van der Waals surface area (Å²) in [7, 11) is 7.33. The molecular formula is C33H36N2O8. The highest BCUT2D eigenvalue weighted by molar-refractivity contribution is 6.08. The predicted molar refractivity (Wildman–Crippen MR) is 164 cm³/mol. The van der Waals surface area contributed by atoms with E-state index in [1.54, 1.807) is 55.6 Å². The van der Waals surface area contributed by atoms with Gasteiger partial charge in [-0.05, 0) is 72.9 Å². The average molecular weight is 589 g/mol. The van der Waals surface area contributed by atoms with Gasteiger partial charge >= 0.3 is 5.97 Å². The number of carbonyl (C=O) groups excluding carboxylic acids is 1. The Labute approximate surface area is 249 Å². The first kappa shape index (κ1) is 29.6. The molecule has 1 aromatic heterocycles. The lowest BCUT2D eigenvalue weighted by molar-refractivity contribution is 0.0591. The Morgan fingerprint density at radius 3 is 1.98 bits per heavy atom. The monoisotopic (exact) mass is 588 g/mol. The smallest absolute Gasteiger partial charge is 0.355 e. The van der Waals surface area contributed by atoms with Gasteiger partial charge in [0.25, 0.3) is 5.56 Å². The molecule has 2 N–H and O–H groups in total. The molecule has 5 rings (SSSR count). The number of nitrogens with zero attached hydrogens (tertiary/aromatic N) is 1. The Morgan fingerprint density at radius 2 is 1.42 bits per heavy atom. The highest BCUT2D eigenvalue weighted by Gasteiger charge is 2.28. The SMILES string of the molecule is COC(=O)c1c(-c2cc(OC)c(OC)c(OC)c2)c2cc(OC)c(OCC3CCCC3)cc2c(=O)n1-c1ccc(N)cc1. The number of nitrogen functional groups attached to an aromatic ring is 1. The van der Waals surface area contributed by atoms with E-state index in [1.807, 2.05) is 0 Å². The van der Waals surface area contributed by atoms with E-state index >= 15 is 0 Å². The van der Waals surface area contributed by atoms with Crippen LogP contribution in [0.1, 0.15) is 36.2 Å². The summed E-state index contributed by atoms with van der Waals surface area (Å²) in [4.78, 5) is 28.0. The maximum Gasteiger partial charge on any atom is 0.355 e. The van der Waals surface area contributed by atoms with Crippen molar-refractivity contribution in [3.8, 4) is 45.6 Å². The number of methoxy groups -OCH3 is 5. The molecule has 1 heterocycles. The van der Waals surface area contributed by atoms with Crippen LogP contribution in [0, 0.1) is 5.92 Å². The van der Waals surface area contributed by atoms with Crippen molar-refractivity contribution in [1.29, 1.82) is 0 Å². The highest BCUT2D eigenvalue weighted by atomic mass is 16.5. The van der Waals surface area contributed by atoms with E-state index in [2.05, 4.69) is 0 Å². The van der Waals surface area contributed by atoms with Crippen LogP contribution in [0.3, 0.4) is 0 Å². The minimum atomic E-state index is -0.722. The minimum absolute atomic E-state index is 0.000668. The lowest BCUT2D eigenvalue weighted by Gasteiger charge is -2.22. The quantitative estimate of drug-likeness (QED) is 0.186. The van der Waals surface area contributed by atoms with Crippen molar-refractivity contribution in [2.75, 3.05) is 47.9 Å². The third-order valence-corrected chi connectivity index (χ3v) is 7.90. The summed E-state index contributed by atoms with van der Waals surface area (Å²) in [5.41, 5.74) is 7.38. The molecule has 1 saturated carbocycles. The Hall–Kier alpha value is -4.86. The molecule has 43 heavy (non-hydrogen) atoms. The van der Waals surface area contributed by atoms with E-state index in [0.717, 1.165) is 12.8 Å². The van der Waals surface area contributed by atoms with Crippen LogP contribution in [0.4, 0.5) is 5.69 Å². The van der Waals surface area contributed by atoms with Gasteiger partial charge in [-0.15, -0.1) is 0 Å². The van der Waals surface area contributed by atoms with Gasteiger partial charge in [0.2, 0.25) is 5.75 Å². The molecule has 1 aliphatic carbocycles. The van der Waals surface area contributed by atoms with Crippen molar-refractivity contribution in [2.45, 2.75) is 25.7 Å². The highest BCUT2D eigenvalue weighted by Crippen LogP contribution is 2.45. The lowest BCUT2D eigenvalue weighted by atomic mass is 9.95. The number of esters is 1. The lowest BCUT2D eigenvalue weighted by Crippen LogP contribution is -2.27. The molecule has 226 valence electrons. The Kier molecular flexibility index (Phi) is 8.66. The second-order valence-electron chi connectivity index (χ2n) is 10.4. The zero-order valence-electron chi connectivity index (χ0n) is 25.0. The number of nitrogens with two attached hydrogens (primary N) is 1. The summed E-state index contributed by atoms with van der Waals surface area (Å²) >= 11 is 0. The molecular weight excluding hydrogens is 552 g/mol. The van der Waals surface area contributed by atoms with Gasteiger partial charge in [0.1, 0.15) is 5.69 Å². The van der Waals surface area contributed by atoms with Crippen molar-refractivity contribution in [1.82, 2.24) is 4.57 Å². The van der Waals surface area contributed by atoms with Crippen LogP contribution in [0.5, 0.6) is 28.7 Å². The number of carbonyl (C=O) groups is 1. The van der Waals surface area contributed by atoms with Gasteiger partial charge in [-0.3, -0.25) is 9.36 Å². The van der Waals surface area contributed by atoms with Crippen LogP contribution in [0.15, 0.2) is 53.3 Å². The summed E-state index contributed by atoms with van der Waals surface area (Å²) in [6.07, 6.45) is 4.58. The van der Waals surface area contributed by atoms with Crippen molar-refractivity contribution < 1.29 is 33.2 Å². The van der Waals surface area contributed by atoms with E-state index < -0.39 is 11.5 Å². The zero-order valence-corrected chi connectivity index (χ0v) is 25.0. The second kappa shape index (κ2) is 12.6. The molecule has 0 amide bonds. The molecule has 0 saturated heterocycles. The molecule has 0 spiro atoms. The number of rotatable bonds is 10. The van der Waals surface area contributed by atoms with E-state index in [1.165, 1.54) is 45.8 Å². The van der Waals surface area contributed by atoms with Gasteiger partial charge in [0, 0.05) is 22.3 Å². The molecule has 1 aliphatic rings. The molecule has 10 nitrogen and oxygen atoms in total. The molecule has 0 aliphatic heterocycles. The molecule has 1 fully saturated rings. The number of hydrogen-bond acceptors (Lipinski definition) is 9. The Morgan fingerprint density at radius 1 is 0.814 bits per heavy atom. The van der Waals surface area contributed by atoms with Crippen LogP contribution in [0.25, 0.3) is 27.6 Å². The van der Waals surface area contributed by atoms with E-state index in [0.29, 0.717) is 74.5 Å². The maximum absolute atomic E-state index is 14.4. The fourth-order valence-electron chi connectivity index (χ4n) is 5.74. The number of fused-ring (bicyclic) bond motifs is 1. The molecule has 0 radical (unpaired) electrons. The first-order valence-corrected chi connectivity index (χ1v) is 14.0. The third kappa shape index (κ3) is 5.52. The summed E-state index contributed by atoms with van der Waals surface area (Å²) in [5, 5.41) is 0.770. The predicted octanol–water partition coefficient (Wildman–Crippen LogP) is 5.63. The van der Waals surface area contributed by atoms with Crippen molar-refractivity contribution in [3.63, 3.8) is 0 Å². The molecule has 0 unspecified atom stereocenters. The summed E-state index contributed by atoms with van der Waals surface area (Å²) < 4.78 is 35.4. The van der Waals surface area contributed by atoms with Crippen LogP contribution >= 0.6 is 0 Å². The third-order valence-electron chi connectivity index (χ3n) is 7.90. The number of pyridine rings is 1. The van der Waals surface area contributed by atoms with Gasteiger partial charge in [0.05, 0.1) is 47.5 Å². The molecule has 10 heteroatoms. The summed E-state index contributed by atoms with van der Waals surface area (Å²) in [6, 6.07) is 13.5. The largest absolute Gasteiger partial charge is 0.493 e. The number of hydrogen-bond donors (Lipinski definition) is 1. The van der Waals surface area contributed by atoms with E-state index in [-0.39, 0.29) is 5.69 Å². The van der Waals surface area contributed by atoms with E-state index in [9.17, 15) is 9.59 Å². The topological polar surface area (TPSA) is 120 Å². The Bertz CT molecular complexity index is 1680. The number of benzene rings is 3. The van der Waals surface area contributed by atoms with Gasteiger partial charge in [-0.1, -0.05) is 12.8 Å². The van der Waals surface area contributed by atoms with Crippen LogP contribution in [0.2, 0.25) is 0 Å². The number of aromatic nitrogens is 1. The second-order valence-corrected chi connectivity index (χ2v) is 10.4.